The van der Waals surface area contributed by atoms with Gasteiger partial charge in [0.25, 0.3) is 0 Å². The van der Waals surface area contributed by atoms with Crippen LogP contribution in [0.5, 0.6) is 5.75 Å². The number of benzene rings is 2. The molecule has 2 aromatic rings. The molecule has 0 saturated heterocycles. The van der Waals surface area contributed by atoms with E-state index < -0.39 is 0 Å². The number of hydrogen-bond acceptors (Lipinski definition) is 3. The Labute approximate surface area is 133 Å². The van der Waals surface area contributed by atoms with Crippen LogP contribution in [0.15, 0.2) is 54.6 Å². The minimum absolute atomic E-state index is 0.183. The van der Waals surface area contributed by atoms with Gasteiger partial charge < -0.3 is 15.2 Å². The minimum Gasteiger partial charge on any atom is -0.496 e. The van der Waals surface area contributed by atoms with Crippen LogP contribution in [0.4, 0.5) is 0 Å². The van der Waals surface area contributed by atoms with Gasteiger partial charge >= 0.3 is 0 Å². The first-order valence-electron chi connectivity index (χ1n) is 7.83. The SMILES string of the molecule is COc1ccccc1C[C@H](CCNCCO)c1ccccc1. The number of aliphatic hydroxyl groups is 1. The Balaban J connectivity index is 2.10. The summed E-state index contributed by atoms with van der Waals surface area (Å²) in [5.41, 5.74) is 2.58. The summed E-state index contributed by atoms with van der Waals surface area (Å²) in [7, 11) is 1.72. The summed E-state index contributed by atoms with van der Waals surface area (Å²) in [6.45, 7) is 1.73. The van der Waals surface area contributed by atoms with Crippen molar-refractivity contribution in [1.82, 2.24) is 5.32 Å². The Hall–Kier alpha value is -1.84. The van der Waals surface area contributed by atoms with E-state index in [2.05, 4.69) is 41.7 Å². The second kappa shape index (κ2) is 9.23. The third-order valence-electron chi connectivity index (χ3n) is 3.89. The van der Waals surface area contributed by atoms with Crippen LogP contribution in [0.1, 0.15) is 23.5 Å². The van der Waals surface area contributed by atoms with Crippen molar-refractivity contribution in [3.8, 4) is 5.75 Å². The summed E-state index contributed by atoms with van der Waals surface area (Å²) in [6, 6.07) is 18.8. The van der Waals surface area contributed by atoms with Crippen molar-refractivity contribution in [2.45, 2.75) is 18.8 Å². The summed E-state index contributed by atoms with van der Waals surface area (Å²) in [6.07, 6.45) is 1.98. The average Bonchev–Trinajstić information content (AvgIpc) is 2.59. The number of nitrogens with one attached hydrogen (secondary N) is 1. The van der Waals surface area contributed by atoms with E-state index in [0.29, 0.717) is 12.5 Å². The average molecular weight is 299 g/mol. The van der Waals surface area contributed by atoms with Crippen LogP contribution in [0.3, 0.4) is 0 Å². The fourth-order valence-corrected chi connectivity index (χ4v) is 2.73. The van der Waals surface area contributed by atoms with Crippen molar-refractivity contribution in [1.29, 1.82) is 0 Å². The van der Waals surface area contributed by atoms with Crippen LogP contribution in [-0.2, 0) is 6.42 Å². The van der Waals surface area contributed by atoms with Crippen molar-refractivity contribution in [2.24, 2.45) is 0 Å². The summed E-state index contributed by atoms with van der Waals surface area (Å²) in [5, 5.41) is 12.1. The Morgan fingerprint density at radius 1 is 1.00 bits per heavy atom. The molecule has 1 atom stereocenters. The zero-order chi connectivity index (χ0) is 15.6. The number of methoxy groups -OCH3 is 1. The summed E-state index contributed by atoms with van der Waals surface area (Å²) < 4.78 is 5.48. The number of hydrogen-bond donors (Lipinski definition) is 2. The van der Waals surface area contributed by atoms with E-state index in [1.165, 1.54) is 11.1 Å². The van der Waals surface area contributed by atoms with Crippen LogP contribution in [0.25, 0.3) is 0 Å². The topological polar surface area (TPSA) is 41.5 Å². The lowest BCUT2D eigenvalue weighted by atomic mass is 9.89. The lowest BCUT2D eigenvalue weighted by Crippen LogP contribution is -2.21. The minimum atomic E-state index is 0.183. The first kappa shape index (κ1) is 16.5. The third kappa shape index (κ3) is 4.86. The monoisotopic (exact) mass is 299 g/mol. The van der Waals surface area contributed by atoms with Crippen LogP contribution in [-0.4, -0.2) is 31.9 Å². The molecule has 0 heterocycles. The molecule has 0 spiro atoms. The fourth-order valence-electron chi connectivity index (χ4n) is 2.73. The van der Waals surface area contributed by atoms with Gasteiger partial charge in [-0.25, -0.2) is 0 Å². The molecule has 3 nitrogen and oxygen atoms in total. The third-order valence-corrected chi connectivity index (χ3v) is 3.89. The summed E-state index contributed by atoms with van der Waals surface area (Å²) in [5.74, 6) is 1.38. The van der Waals surface area contributed by atoms with Gasteiger partial charge in [0.15, 0.2) is 0 Å². The first-order valence-corrected chi connectivity index (χ1v) is 7.83. The molecule has 118 valence electrons. The van der Waals surface area contributed by atoms with Gasteiger partial charge in [0.05, 0.1) is 13.7 Å². The smallest absolute Gasteiger partial charge is 0.122 e. The second-order valence-corrected chi connectivity index (χ2v) is 5.39. The Kier molecular flexibility index (Phi) is 6.94. The molecule has 2 N–H and O–H groups in total. The van der Waals surface area contributed by atoms with Gasteiger partial charge in [0, 0.05) is 6.54 Å². The lowest BCUT2D eigenvalue weighted by Gasteiger charge is -2.19. The molecule has 0 aliphatic rings. The van der Waals surface area contributed by atoms with E-state index in [1.54, 1.807) is 7.11 Å². The molecule has 0 amide bonds. The van der Waals surface area contributed by atoms with Crippen LogP contribution in [0, 0.1) is 0 Å². The van der Waals surface area contributed by atoms with E-state index in [4.69, 9.17) is 9.84 Å². The molecule has 0 aliphatic heterocycles. The zero-order valence-electron chi connectivity index (χ0n) is 13.2. The van der Waals surface area contributed by atoms with Crippen molar-refractivity contribution in [2.75, 3.05) is 26.8 Å². The number of para-hydroxylation sites is 1. The van der Waals surface area contributed by atoms with Gasteiger partial charge in [-0.3, -0.25) is 0 Å². The van der Waals surface area contributed by atoms with Gasteiger partial charge in [-0.1, -0.05) is 48.5 Å². The summed E-state index contributed by atoms with van der Waals surface area (Å²) >= 11 is 0. The zero-order valence-corrected chi connectivity index (χ0v) is 13.2. The highest BCUT2D eigenvalue weighted by Gasteiger charge is 2.14. The Bertz CT molecular complexity index is 542. The highest BCUT2D eigenvalue weighted by molar-refractivity contribution is 5.35. The predicted molar refractivity (Wildman–Crippen MR) is 90.5 cm³/mol. The second-order valence-electron chi connectivity index (χ2n) is 5.39. The van der Waals surface area contributed by atoms with Gasteiger partial charge in [-0.05, 0) is 42.5 Å². The van der Waals surface area contributed by atoms with Crippen LogP contribution < -0.4 is 10.1 Å². The van der Waals surface area contributed by atoms with Crippen molar-refractivity contribution in [3.63, 3.8) is 0 Å². The molecular formula is C19H25NO2. The number of aliphatic hydroxyl groups excluding tert-OH is 1. The van der Waals surface area contributed by atoms with Gasteiger partial charge in [0.2, 0.25) is 0 Å². The largest absolute Gasteiger partial charge is 0.496 e. The standard InChI is InChI=1S/C19H25NO2/c1-22-19-10-6-5-9-18(19)15-17(11-12-20-13-14-21)16-7-3-2-4-8-16/h2-10,17,20-21H,11-15H2,1H3/t17-/m0/s1. The predicted octanol–water partition coefficient (Wildman–Crippen LogP) is 2.99. The molecule has 2 aromatic carbocycles. The summed E-state index contributed by atoms with van der Waals surface area (Å²) in [4.78, 5) is 0. The highest BCUT2D eigenvalue weighted by atomic mass is 16.5. The Morgan fingerprint density at radius 2 is 1.73 bits per heavy atom. The molecule has 0 aromatic heterocycles. The van der Waals surface area contributed by atoms with Crippen molar-refractivity contribution < 1.29 is 9.84 Å². The molecule has 0 bridgehead atoms. The molecule has 0 fully saturated rings. The van der Waals surface area contributed by atoms with E-state index in [9.17, 15) is 0 Å². The lowest BCUT2D eigenvalue weighted by molar-refractivity contribution is 0.291. The number of rotatable bonds is 9. The molecule has 0 radical (unpaired) electrons. The molecule has 0 aliphatic carbocycles. The van der Waals surface area contributed by atoms with E-state index in [-0.39, 0.29) is 6.61 Å². The number of ether oxygens (including phenoxy) is 1. The quantitative estimate of drug-likeness (QED) is 0.699. The van der Waals surface area contributed by atoms with E-state index in [0.717, 1.165) is 25.1 Å². The van der Waals surface area contributed by atoms with E-state index in [1.807, 2.05) is 18.2 Å². The molecule has 3 heteroatoms. The first-order chi connectivity index (χ1) is 10.8. The molecule has 2 rings (SSSR count). The van der Waals surface area contributed by atoms with E-state index >= 15 is 0 Å². The Morgan fingerprint density at radius 3 is 2.45 bits per heavy atom. The highest BCUT2D eigenvalue weighted by Crippen LogP contribution is 2.28. The molecule has 0 saturated carbocycles. The maximum Gasteiger partial charge on any atom is 0.122 e. The molecule has 0 unspecified atom stereocenters. The molecular weight excluding hydrogens is 274 g/mol. The maximum absolute atomic E-state index is 8.87. The van der Waals surface area contributed by atoms with Crippen LogP contribution in [0.2, 0.25) is 0 Å². The molecule has 22 heavy (non-hydrogen) atoms. The van der Waals surface area contributed by atoms with Crippen LogP contribution >= 0.6 is 0 Å². The van der Waals surface area contributed by atoms with Gasteiger partial charge in [0.1, 0.15) is 5.75 Å². The van der Waals surface area contributed by atoms with Crippen molar-refractivity contribution in [3.05, 3.63) is 65.7 Å². The van der Waals surface area contributed by atoms with Crippen molar-refractivity contribution >= 4 is 0 Å². The maximum atomic E-state index is 8.87. The van der Waals surface area contributed by atoms with Gasteiger partial charge in [-0.15, -0.1) is 0 Å². The van der Waals surface area contributed by atoms with Gasteiger partial charge in [-0.2, -0.15) is 0 Å². The fraction of sp³-hybridized carbons (Fsp3) is 0.368. The normalized spacial score (nSPS) is 12.1.